The minimum atomic E-state index is -0.802. The van der Waals surface area contributed by atoms with Crippen LogP contribution < -0.4 is 0 Å². The Kier molecular flexibility index (Phi) is 59.2. The number of hydrogen-bond acceptors (Lipinski definition) is 6. The van der Waals surface area contributed by atoms with Gasteiger partial charge in [-0.1, -0.05) is 313 Å². The Morgan fingerprint density at radius 1 is 0.288 bits per heavy atom. The fourth-order valence-corrected chi connectivity index (χ4v) is 9.31. The summed E-state index contributed by atoms with van der Waals surface area (Å²) < 4.78 is 16.9. The Morgan fingerprint density at radius 3 is 0.822 bits per heavy atom. The molecule has 0 aromatic carbocycles. The molecule has 0 unspecified atom stereocenters. The van der Waals surface area contributed by atoms with Crippen LogP contribution in [0.4, 0.5) is 0 Å². The van der Waals surface area contributed by atoms with E-state index in [2.05, 4.69) is 81.5 Å². The van der Waals surface area contributed by atoms with Crippen LogP contribution in [0.1, 0.15) is 329 Å². The van der Waals surface area contributed by atoms with Crippen molar-refractivity contribution in [3.8, 4) is 0 Å². The molecule has 0 aromatic rings. The van der Waals surface area contributed by atoms with E-state index >= 15 is 0 Å². The number of carbonyl (C=O) groups excluding carboxylic acids is 3. The molecule has 0 aliphatic carbocycles. The second-order valence-electron chi connectivity index (χ2n) is 21.3. The minimum absolute atomic E-state index is 0.0923. The Hall–Kier alpha value is -2.89. The Balaban J connectivity index is 4.39. The lowest BCUT2D eigenvalue weighted by Crippen LogP contribution is -2.30. The van der Waals surface area contributed by atoms with Crippen LogP contribution in [0.5, 0.6) is 0 Å². The zero-order valence-corrected chi connectivity index (χ0v) is 48.7. The predicted octanol–water partition coefficient (Wildman–Crippen LogP) is 21.6. The first-order chi connectivity index (χ1) is 36.0. The van der Waals surface area contributed by atoms with Gasteiger partial charge in [0, 0.05) is 19.3 Å². The SMILES string of the molecule is CC/C=C\C/C=C\C/C=C\C/C=C\C/C=C\CCCC(=O)OC(COC(=O)CCCCCCCCCCCCCCCCCCCCC)COC(=O)CCCCCCCCCCCCCCCCCCCCC. The molecule has 0 atom stereocenters. The highest BCUT2D eigenvalue weighted by atomic mass is 16.6. The summed E-state index contributed by atoms with van der Waals surface area (Å²) in [4.78, 5) is 38.3. The summed E-state index contributed by atoms with van der Waals surface area (Å²) >= 11 is 0. The van der Waals surface area contributed by atoms with Crippen molar-refractivity contribution in [2.45, 2.75) is 335 Å². The maximum absolute atomic E-state index is 12.9. The molecular formula is C67H120O6. The number of ether oxygens (including phenoxy) is 3. The zero-order valence-electron chi connectivity index (χ0n) is 48.7. The molecule has 0 fully saturated rings. The zero-order chi connectivity index (χ0) is 52.9. The third-order valence-corrected chi connectivity index (χ3v) is 14.0. The standard InChI is InChI=1S/C67H120O6/c1-4-7-10-13-16-19-22-25-28-31-33-36-38-41-44-47-50-53-56-59-65(68)71-62-64(73-67(70)61-58-55-52-49-46-43-40-35-30-27-24-21-18-15-12-9-6-3)63-72-66(69)60-57-54-51-48-45-42-39-37-34-32-29-26-23-20-17-14-11-8-5-2/h9,12,18,21,27,30,40,43,49,52,64H,4-8,10-11,13-17,19-20,22-26,28-29,31-39,41-42,44-48,50-51,53-63H2,1-3H3/b12-9-,21-18-,30-27-,43-40-,52-49-. The van der Waals surface area contributed by atoms with E-state index in [9.17, 15) is 14.4 Å². The summed E-state index contributed by atoms with van der Waals surface area (Å²) in [6, 6.07) is 0. The molecule has 0 saturated carbocycles. The molecule has 0 amide bonds. The van der Waals surface area contributed by atoms with Crippen molar-refractivity contribution in [1.29, 1.82) is 0 Å². The molecular weight excluding hydrogens is 901 g/mol. The summed E-state index contributed by atoms with van der Waals surface area (Å²) in [6.07, 6.45) is 78.0. The van der Waals surface area contributed by atoms with E-state index in [4.69, 9.17) is 14.2 Å². The lowest BCUT2D eigenvalue weighted by atomic mass is 10.0. The Bertz CT molecular complexity index is 1250. The van der Waals surface area contributed by atoms with Gasteiger partial charge in [0.25, 0.3) is 0 Å². The molecule has 6 heteroatoms. The molecule has 73 heavy (non-hydrogen) atoms. The highest BCUT2D eigenvalue weighted by Crippen LogP contribution is 2.18. The minimum Gasteiger partial charge on any atom is -0.462 e. The van der Waals surface area contributed by atoms with E-state index in [1.165, 1.54) is 205 Å². The third-order valence-electron chi connectivity index (χ3n) is 14.0. The van der Waals surface area contributed by atoms with Gasteiger partial charge in [0.2, 0.25) is 0 Å². The van der Waals surface area contributed by atoms with Gasteiger partial charge in [0.1, 0.15) is 13.2 Å². The normalized spacial score (nSPS) is 12.1. The monoisotopic (exact) mass is 1020 g/mol. The maximum Gasteiger partial charge on any atom is 0.306 e. The van der Waals surface area contributed by atoms with Gasteiger partial charge >= 0.3 is 17.9 Å². The Labute approximate surface area is 453 Å². The van der Waals surface area contributed by atoms with Crippen molar-refractivity contribution >= 4 is 17.9 Å². The first-order valence-electron chi connectivity index (χ1n) is 31.8. The fraction of sp³-hybridized carbons (Fsp3) is 0.806. The van der Waals surface area contributed by atoms with Gasteiger partial charge in [0.05, 0.1) is 0 Å². The quantitative estimate of drug-likeness (QED) is 0.0261. The molecule has 0 bridgehead atoms. The summed E-state index contributed by atoms with van der Waals surface area (Å²) in [5, 5.41) is 0. The van der Waals surface area contributed by atoms with Crippen molar-refractivity contribution in [2.75, 3.05) is 13.2 Å². The van der Waals surface area contributed by atoms with E-state index in [-0.39, 0.29) is 37.5 Å². The van der Waals surface area contributed by atoms with E-state index in [0.29, 0.717) is 19.3 Å². The van der Waals surface area contributed by atoms with E-state index in [1.807, 2.05) is 0 Å². The molecule has 0 aliphatic heterocycles. The van der Waals surface area contributed by atoms with Crippen molar-refractivity contribution in [1.82, 2.24) is 0 Å². The first kappa shape index (κ1) is 70.1. The van der Waals surface area contributed by atoms with Crippen molar-refractivity contribution in [3.05, 3.63) is 60.8 Å². The van der Waals surface area contributed by atoms with Crippen molar-refractivity contribution in [2.24, 2.45) is 0 Å². The highest BCUT2D eigenvalue weighted by molar-refractivity contribution is 5.71. The number of rotatable bonds is 58. The molecule has 0 N–H and O–H groups in total. The van der Waals surface area contributed by atoms with Crippen LogP contribution >= 0.6 is 0 Å². The summed E-state index contributed by atoms with van der Waals surface area (Å²) in [5.74, 6) is -0.930. The maximum atomic E-state index is 12.9. The van der Waals surface area contributed by atoms with Gasteiger partial charge in [-0.3, -0.25) is 14.4 Å². The average Bonchev–Trinajstić information content (AvgIpc) is 3.39. The van der Waals surface area contributed by atoms with E-state index < -0.39 is 6.10 Å². The second-order valence-corrected chi connectivity index (χ2v) is 21.3. The number of esters is 3. The van der Waals surface area contributed by atoms with Crippen LogP contribution in [0.2, 0.25) is 0 Å². The largest absolute Gasteiger partial charge is 0.462 e. The van der Waals surface area contributed by atoms with Gasteiger partial charge in [-0.25, -0.2) is 0 Å². The highest BCUT2D eigenvalue weighted by Gasteiger charge is 2.19. The average molecular weight is 1020 g/mol. The van der Waals surface area contributed by atoms with Crippen molar-refractivity contribution < 1.29 is 28.6 Å². The van der Waals surface area contributed by atoms with E-state index in [0.717, 1.165) is 77.0 Å². The summed E-state index contributed by atoms with van der Waals surface area (Å²) in [7, 11) is 0. The van der Waals surface area contributed by atoms with Crippen LogP contribution in [0.25, 0.3) is 0 Å². The number of carbonyl (C=O) groups is 3. The molecule has 0 rings (SSSR count). The second kappa shape index (κ2) is 61.7. The van der Waals surface area contributed by atoms with Crippen molar-refractivity contribution in [3.63, 3.8) is 0 Å². The fourth-order valence-electron chi connectivity index (χ4n) is 9.31. The third kappa shape index (κ3) is 59.9. The lowest BCUT2D eigenvalue weighted by Gasteiger charge is -2.18. The lowest BCUT2D eigenvalue weighted by molar-refractivity contribution is -0.167. The predicted molar refractivity (Wildman–Crippen MR) is 316 cm³/mol. The topological polar surface area (TPSA) is 78.9 Å². The molecule has 0 spiro atoms. The molecule has 424 valence electrons. The van der Waals surface area contributed by atoms with Crippen LogP contribution in [0.3, 0.4) is 0 Å². The summed E-state index contributed by atoms with van der Waals surface area (Å²) in [6.45, 7) is 6.54. The molecule has 0 aliphatic rings. The van der Waals surface area contributed by atoms with Crippen LogP contribution in [0, 0.1) is 0 Å². The Morgan fingerprint density at radius 2 is 0.534 bits per heavy atom. The molecule has 6 nitrogen and oxygen atoms in total. The van der Waals surface area contributed by atoms with Gasteiger partial charge in [0.15, 0.2) is 6.10 Å². The van der Waals surface area contributed by atoms with Crippen LogP contribution in [-0.2, 0) is 28.6 Å². The van der Waals surface area contributed by atoms with Gasteiger partial charge in [-0.2, -0.15) is 0 Å². The molecule has 0 heterocycles. The molecule has 0 aromatic heterocycles. The summed E-state index contributed by atoms with van der Waals surface area (Å²) in [5.41, 5.74) is 0. The molecule has 0 saturated heterocycles. The first-order valence-corrected chi connectivity index (χ1v) is 31.8. The number of hydrogen-bond donors (Lipinski definition) is 0. The molecule has 0 radical (unpaired) electrons. The number of allylic oxidation sites excluding steroid dienone is 10. The van der Waals surface area contributed by atoms with Crippen LogP contribution in [0.15, 0.2) is 60.8 Å². The smallest absolute Gasteiger partial charge is 0.306 e. The van der Waals surface area contributed by atoms with Gasteiger partial charge in [-0.05, 0) is 57.8 Å². The van der Waals surface area contributed by atoms with Gasteiger partial charge in [-0.15, -0.1) is 0 Å². The van der Waals surface area contributed by atoms with Crippen LogP contribution in [-0.4, -0.2) is 37.2 Å². The van der Waals surface area contributed by atoms with Gasteiger partial charge < -0.3 is 14.2 Å². The number of unbranched alkanes of at least 4 members (excludes halogenated alkanes) is 37. The van der Waals surface area contributed by atoms with E-state index in [1.54, 1.807) is 0 Å².